The summed E-state index contributed by atoms with van der Waals surface area (Å²) < 4.78 is 0. The van der Waals surface area contributed by atoms with Crippen LogP contribution in [0, 0.1) is 10.1 Å². The van der Waals surface area contributed by atoms with Gasteiger partial charge in [0.1, 0.15) is 17.6 Å². The third-order valence-corrected chi connectivity index (χ3v) is 2.90. The second-order valence-corrected chi connectivity index (χ2v) is 4.86. The van der Waals surface area contributed by atoms with Crippen LogP contribution in [0.25, 0.3) is 0 Å². The number of hydrogen-bond acceptors (Lipinski definition) is 6. The third kappa shape index (κ3) is 5.35. The van der Waals surface area contributed by atoms with E-state index in [2.05, 4.69) is 20.5 Å². The van der Waals surface area contributed by atoms with Crippen molar-refractivity contribution in [1.82, 2.24) is 15.2 Å². The molecule has 0 atom stereocenters. The second kappa shape index (κ2) is 8.15. The molecule has 1 heterocycles. The monoisotopic (exact) mass is 295 g/mol. The van der Waals surface area contributed by atoms with Crippen LogP contribution < -0.4 is 10.6 Å². The van der Waals surface area contributed by atoms with Crippen LogP contribution in [0.15, 0.2) is 12.3 Å². The first kappa shape index (κ1) is 16.8. The Morgan fingerprint density at radius 3 is 2.71 bits per heavy atom. The lowest BCUT2D eigenvalue weighted by Crippen LogP contribution is -2.26. The Morgan fingerprint density at radius 1 is 1.43 bits per heavy atom. The van der Waals surface area contributed by atoms with Crippen molar-refractivity contribution < 1.29 is 9.72 Å². The van der Waals surface area contributed by atoms with E-state index in [0.29, 0.717) is 12.4 Å². The second-order valence-electron chi connectivity index (χ2n) is 4.86. The van der Waals surface area contributed by atoms with Gasteiger partial charge in [0.25, 0.3) is 11.6 Å². The van der Waals surface area contributed by atoms with Gasteiger partial charge in [-0.15, -0.1) is 0 Å². The van der Waals surface area contributed by atoms with Gasteiger partial charge >= 0.3 is 0 Å². The molecule has 0 radical (unpaired) electrons. The van der Waals surface area contributed by atoms with Crippen molar-refractivity contribution in [3.8, 4) is 0 Å². The standard InChI is InChI=1S/C13H21N5O3/c1-14-12-8-10(11(9-16-12)18(20)21)13(19)15-6-4-5-7-17(2)3/h8-9H,4-7H2,1-3H3,(H,14,16)(H,15,19). The molecule has 0 fully saturated rings. The lowest BCUT2D eigenvalue weighted by molar-refractivity contribution is -0.385. The minimum atomic E-state index is -0.604. The predicted molar refractivity (Wildman–Crippen MR) is 80.6 cm³/mol. The number of amides is 1. The molecule has 1 amide bonds. The van der Waals surface area contributed by atoms with Gasteiger partial charge in [-0.2, -0.15) is 0 Å². The molecule has 116 valence electrons. The Labute approximate surface area is 123 Å². The molecule has 21 heavy (non-hydrogen) atoms. The molecule has 0 unspecified atom stereocenters. The highest BCUT2D eigenvalue weighted by Crippen LogP contribution is 2.19. The summed E-state index contributed by atoms with van der Waals surface area (Å²) in [5.41, 5.74) is -0.272. The van der Waals surface area contributed by atoms with Gasteiger partial charge in [-0.3, -0.25) is 14.9 Å². The largest absolute Gasteiger partial charge is 0.373 e. The zero-order chi connectivity index (χ0) is 15.8. The average molecular weight is 295 g/mol. The number of carbonyl (C=O) groups is 1. The molecule has 0 aromatic carbocycles. The quantitative estimate of drug-likeness (QED) is 0.423. The minimum absolute atomic E-state index is 0.0203. The lowest BCUT2D eigenvalue weighted by atomic mass is 10.2. The summed E-state index contributed by atoms with van der Waals surface area (Å²) in [7, 11) is 5.60. The molecule has 0 aliphatic carbocycles. The molecule has 8 nitrogen and oxygen atoms in total. The molecule has 0 saturated carbocycles. The van der Waals surface area contributed by atoms with Crippen molar-refractivity contribution in [1.29, 1.82) is 0 Å². The highest BCUT2D eigenvalue weighted by atomic mass is 16.6. The summed E-state index contributed by atoms with van der Waals surface area (Å²) in [6.45, 7) is 1.43. The first-order valence-electron chi connectivity index (χ1n) is 6.70. The number of rotatable bonds is 8. The summed E-state index contributed by atoms with van der Waals surface area (Å²) >= 11 is 0. The molecule has 1 rings (SSSR count). The molecule has 0 aliphatic rings. The normalized spacial score (nSPS) is 10.5. The van der Waals surface area contributed by atoms with Crippen LogP contribution >= 0.6 is 0 Å². The van der Waals surface area contributed by atoms with Gasteiger partial charge in [-0.25, -0.2) is 4.98 Å². The Hall–Kier alpha value is -2.22. The zero-order valence-corrected chi connectivity index (χ0v) is 12.5. The number of aromatic nitrogens is 1. The first-order valence-corrected chi connectivity index (χ1v) is 6.70. The molecular formula is C13H21N5O3. The first-order chi connectivity index (χ1) is 9.95. The summed E-state index contributed by atoms with van der Waals surface area (Å²) in [5.74, 6) is -0.0381. The van der Waals surface area contributed by atoms with Gasteiger partial charge in [0.2, 0.25) is 0 Å². The molecule has 1 aromatic rings. The van der Waals surface area contributed by atoms with E-state index in [1.165, 1.54) is 6.07 Å². The Kier molecular flexibility index (Phi) is 6.54. The number of carbonyl (C=O) groups excluding carboxylic acids is 1. The van der Waals surface area contributed by atoms with Gasteiger partial charge in [-0.05, 0) is 33.5 Å². The molecule has 1 aromatic heterocycles. The maximum absolute atomic E-state index is 12.1. The van der Waals surface area contributed by atoms with Gasteiger partial charge in [0.15, 0.2) is 0 Å². The van der Waals surface area contributed by atoms with Gasteiger partial charge in [0, 0.05) is 19.7 Å². The van der Waals surface area contributed by atoms with Crippen LogP contribution in [0.3, 0.4) is 0 Å². The predicted octanol–water partition coefficient (Wildman–Crippen LogP) is 1.10. The van der Waals surface area contributed by atoms with Crippen LogP contribution in [0.5, 0.6) is 0 Å². The Morgan fingerprint density at radius 2 is 2.14 bits per heavy atom. The van der Waals surface area contributed by atoms with E-state index in [-0.39, 0.29) is 11.3 Å². The van der Waals surface area contributed by atoms with E-state index in [1.54, 1.807) is 7.05 Å². The SMILES string of the molecule is CNc1cc(C(=O)NCCCCN(C)C)c([N+](=O)[O-])cn1. The number of unbranched alkanes of at least 4 members (excludes halogenated alkanes) is 1. The number of nitrogens with one attached hydrogen (secondary N) is 2. The summed E-state index contributed by atoms with van der Waals surface area (Å²) in [5, 5.41) is 16.4. The molecule has 0 saturated heterocycles. The number of pyridine rings is 1. The highest BCUT2D eigenvalue weighted by Gasteiger charge is 2.21. The van der Waals surface area contributed by atoms with E-state index in [9.17, 15) is 14.9 Å². The van der Waals surface area contributed by atoms with Crippen LogP contribution in [-0.4, -0.2) is 54.9 Å². The maximum atomic E-state index is 12.1. The summed E-state index contributed by atoms with van der Waals surface area (Å²) in [4.78, 5) is 28.3. The number of nitro groups is 1. The van der Waals surface area contributed by atoms with E-state index in [0.717, 1.165) is 25.6 Å². The maximum Gasteiger partial charge on any atom is 0.300 e. The lowest BCUT2D eigenvalue weighted by Gasteiger charge is -2.10. The van der Waals surface area contributed by atoms with Gasteiger partial charge in [0.05, 0.1) is 4.92 Å². The molecule has 0 spiro atoms. The molecular weight excluding hydrogens is 274 g/mol. The Bertz CT molecular complexity index is 505. The highest BCUT2D eigenvalue weighted by molar-refractivity contribution is 5.98. The van der Waals surface area contributed by atoms with Crippen LogP contribution in [-0.2, 0) is 0 Å². The number of anilines is 1. The van der Waals surface area contributed by atoms with Crippen LogP contribution in [0.1, 0.15) is 23.2 Å². The number of hydrogen-bond donors (Lipinski definition) is 2. The third-order valence-electron chi connectivity index (χ3n) is 2.90. The smallest absolute Gasteiger partial charge is 0.300 e. The number of nitrogens with zero attached hydrogens (tertiary/aromatic N) is 3. The topological polar surface area (TPSA) is 100 Å². The molecule has 2 N–H and O–H groups in total. The van der Waals surface area contributed by atoms with E-state index in [4.69, 9.17) is 0 Å². The van der Waals surface area contributed by atoms with Crippen molar-refractivity contribution in [2.45, 2.75) is 12.8 Å². The van der Waals surface area contributed by atoms with Gasteiger partial charge in [-0.1, -0.05) is 0 Å². The van der Waals surface area contributed by atoms with Crippen molar-refractivity contribution in [2.24, 2.45) is 0 Å². The van der Waals surface area contributed by atoms with Crippen LogP contribution in [0.4, 0.5) is 11.5 Å². The van der Waals surface area contributed by atoms with Gasteiger partial charge < -0.3 is 15.5 Å². The molecule has 0 aliphatic heterocycles. The Balaban J connectivity index is 2.65. The molecule has 8 heteroatoms. The van der Waals surface area contributed by atoms with Crippen molar-refractivity contribution in [2.75, 3.05) is 39.5 Å². The molecule has 0 bridgehead atoms. The van der Waals surface area contributed by atoms with E-state index in [1.807, 2.05) is 14.1 Å². The fourth-order valence-electron chi connectivity index (χ4n) is 1.76. The summed E-state index contributed by atoms with van der Waals surface area (Å²) in [6, 6.07) is 1.38. The van der Waals surface area contributed by atoms with Crippen LogP contribution in [0.2, 0.25) is 0 Å². The minimum Gasteiger partial charge on any atom is -0.373 e. The zero-order valence-electron chi connectivity index (χ0n) is 12.5. The average Bonchev–Trinajstić information content (AvgIpc) is 2.45. The van der Waals surface area contributed by atoms with Crippen molar-refractivity contribution in [3.63, 3.8) is 0 Å². The van der Waals surface area contributed by atoms with E-state index < -0.39 is 10.8 Å². The van der Waals surface area contributed by atoms with Crippen molar-refractivity contribution in [3.05, 3.63) is 27.9 Å². The van der Waals surface area contributed by atoms with Crippen molar-refractivity contribution >= 4 is 17.4 Å². The summed E-state index contributed by atoms with van der Waals surface area (Å²) in [6.07, 6.45) is 2.86. The fraction of sp³-hybridized carbons (Fsp3) is 0.538. The fourth-order valence-corrected chi connectivity index (χ4v) is 1.76. The van der Waals surface area contributed by atoms with E-state index >= 15 is 0 Å².